The van der Waals surface area contributed by atoms with Crippen molar-refractivity contribution in [1.82, 2.24) is 0 Å². The number of hydrogen-bond donors (Lipinski definition) is 1. The fourth-order valence-electron chi connectivity index (χ4n) is 2.59. The first-order chi connectivity index (χ1) is 12.4. The van der Waals surface area contributed by atoms with E-state index in [1.165, 1.54) is 5.56 Å². The number of benzene rings is 2. The van der Waals surface area contributed by atoms with Crippen LogP contribution in [0.2, 0.25) is 0 Å². The van der Waals surface area contributed by atoms with Crippen LogP contribution in [0.25, 0.3) is 0 Å². The van der Waals surface area contributed by atoms with E-state index in [1.54, 1.807) is 14.2 Å². The van der Waals surface area contributed by atoms with E-state index < -0.39 is 0 Å². The topological polar surface area (TPSA) is 57.0 Å². The molecule has 0 atom stereocenters. The minimum Gasteiger partial charge on any atom is -0.493 e. The van der Waals surface area contributed by atoms with Crippen molar-refractivity contribution in [2.45, 2.75) is 32.9 Å². The highest BCUT2D eigenvalue weighted by Gasteiger charge is 2.12. The second kappa shape index (κ2) is 8.81. The van der Waals surface area contributed by atoms with E-state index in [0.717, 1.165) is 36.0 Å². The zero-order chi connectivity index (χ0) is 19.2. The van der Waals surface area contributed by atoms with Crippen LogP contribution in [0.3, 0.4) is 0 Å². The van der Waals surface area contributed by atoms with E-state index >= 15 is 0 Å². The van der Waals surface area contributed by atoms with E-state index in [4.69, 9.17) is 19.9 Å². The second-order valence-electron chi connectivity index (χ2n) is 6.97. The summed E-state index contributed by atoms with van der Waals surface area (Å²) in [6, 6.07) is 14.1. The Morgan fingerprint density at radius 2 is 1.62 bits per heavy atom. The van der Waals surface area contributed by atoms with Crippen LogP contribution in [0.5, 0.6) is 17.2 Å². The van der Waals surface area contributed by atoms with E-state index in [1.807, 2.05) is 44.2 Å². The van der Waals surface area contributed by atoms with Gasteiger partial charge < -0.3 is 24.8 Å². The molecule has 0 unspecified atom stereocenters. The Kier molecular flexibility index (Phi) is 6.75. The molecule has 0 amide bonds. The molecule has 2 N–H and O–H groups in total. The summed E-state index contributed by atoms with van der Waals surface area (Å²) in [6.45, 7) is 8.20. The summed E-state index contributed by atoms with van der Waals surface area (Å²) < 4.78 is 16.5. The molecule has 0 aromatic heterocycles. The van der Waals surface area contributed by atoms with Gasteiger partial charge in [0, 0.05) is 30.4 Å². The third kappa shape index (κ3) is 5.56. The van der Waals surface area contributed by atoms with Gasteiger partial charge in [-0.25, -0.2) is 0 Å². The van der Waals surface area contributed by atoms with Crippen LogP contribution in [-0.4, -0.2) is 32.9 Å². The Bertz CT molecular complexity index is 693. The molecular weight excluding hydrogens is 328 g/mol. The van der Waals surface area contributed by atoms with E-state index in [9.17, 15) is 0 Å². The Morgan fingerprint density at radius 3 is 2.15 bits per heavy atom. The van der Waals surface area contributed by atoms with Crippen molar-refractivity contribution < 1.29 is 14.2 Å². The van der Waals surface area contributed by atoms with E-state index in [2.05, 4.69) is 24.0 Å². The SMILES string of the molecule is CCN(Cc1ccc(OCC(C)(C)N)cc1)c1ccc(OC)c(OC)c1. The summed E-state index contributed by atoms with van der Waals surface area (Å²) in [5.74, 6) is 2.30. The first-order valence-electron chi connectivity index (χ1n) is 8.84. The van der Waals surface area contributed by atoms with Gasteiger partial charge in [0.05, 0.1) is 14.2 Å². The van der Waals surface area contributed by atoms with Crippen molar-refractivity contribution in [3.8, 4) is 17.2 Å². The Balaban J connectivity index is 2.08. The second-order valence-corrected chi connectivity index (χ2v) is 6.97. The van der Waals surface area contributed by atoms with Gasteiger partial charge in [-0.1, -0.05) is 12.1 Å². The highest BCUT2D eigenvalue weighted by molar-refractivity contribution is 5.56. The van der Waals surface area contributed by atoms with Gasteiger partial charge in [0.25, 0.3) is 0 Å². The van der Waals surface area contributed by atoms with Crippen molar-refractivity contribution in [2.75, 3.05) is 32.3 Å². The summed E-state index contributed by atoms with van der Waals surface area (Å²) in [6.07, 6.45) is 0. The van der Waals surface area contributed by atoms with Gasteiger partial charge in [0.2, 0.25) is 0 Å². The average Bonchev–Trinajstić information content (AvgIpc) is 2.64. The highest BCUT2D eigenvalue weighted by atomic mass is 16.5. The van der Waals surface area contributed by atoms with Gasteiger partial charge in [-0.15, -0.1) is 0 Å². The molecule has 0 aliphatic heterocycles. The summed E-state index contributed by atoms with van der Waals surface area (Å²) in [5.41, 5.74) is 7.92. The normalized spacial score (nSPS) is 11.2. The summed E-state index contributed by atoms with van der Waals surface area (Å²) in [7, 11) is 3.30. The first kappa shape index (κ1) is 19.9. The fraction of sp³-hybridized carbons (Fsp3) is 0.429. The molecule has 0 saturated carbocycles. The minimum absolute atomic E-state index is 0.342. The summed E-state index contributed by atoms with van der Waals surface area (Å²) in [4.78, 5) is 2.28. The quantitative estimate of drug-likeness (QED) is 0.738. The maximum absolute atomic E-state index is 5.96. The minimum atomic E-state index is -0.342. The lowest BCUT2D eigenvalue weighted by Gasteiger charge is -2.24. The van der Waals surface area contributed by atoms with Crippen LogP contribution in [0.15, 0.2) is 42.5 Å². The van der Waals surface area contributed by atoms with Crippen LogP contribution in [0.1, 0.15) is 26.3 Å². The van der Waals surface area contributed by atoms with E-state index in [-0.39, 0.29) is 5.54 Å². The Morgan fingerprint density at radius 1 is 0.962 bits per heavy atom. The van der Waals surface area contributed by atoms with Crippen molar-refractivity contribution in [3.63, 3.8) is 0 Å². The first-order valence-corrected chi connectivity index (χ1v) is 8.84. The van der Waals surface area contributed by atoms with E-state index in [0.29, 0.717) is 6.61 Å². The summed E-state index contributed by atoms with van der Waals surface area (Å²) >= 11 is 0. The molecule has 0 fully saturated rings. The number of ether oxygens (including phenoxy) is 3. The Hall–Kier alpha value is -2.40. The number of anilines is 1. The van der Waals surface area contributed by atoms with Crippen molar-refractivity contribution in [1.29, 1.82) is 0 Å². The Labute approximate surface area is 156 Å². The standard InChI is InChI=1S/C21H30N2O3/c1-6-23(17-9-12-19(24-4)20(13-17)25-5)14-16-7-10-18(11-8-16)26-15-21(2,3)22/h7-13H,6,14-15,22H2,1-5H3. The number of hydrogen-bond acceptors (Lipinski definition) is 5. The fourth-order valence-corrected chi connectivity index (χ4v) is 2.59. The average molecular weight is 358 g/mol. The lowest BCUT2D eigenvalue weighted by atomic mass is 10.1. The molecule has 142 valence electrons. The largest absolute Gasteiger partial charge is 0.493 e. The van der Waals surface area contributed by atoms with Crippen molar-refractivity contribution in [2.24, 2.45) is 5.73 Å². The molecule has 2 aromatic carbocycles. The molecule has 2 aromatic rings. The smallest absolute Gasteiger partial charge is 0.162 e. The molecule has 5 heteroatoms. The molecule has 2 rings (SSSR count). The van der Waals surface area contributed by atoms with Gasteiger partial charge in [-0.2, -0.15) is 0 Å². The summed E-state index contributed by atoms with van der Waals surface area (Å²) in [5, 5.41) is 0. The molecule has 0 aliphatic rings. The van der Waals surface area contributed by atoms with Crippen LogP contribution in [-0.2, 0) is 6.54 Å². The van der Waals surface area contributed by atoms with Gasteiger partial charge in [0.1, 0.15) is 12.4 Å². The number of methoxy groups -OCH3 is 2. The maximum Gasteiger partial charge on any atom is 0.162 e. The number of nitrogens with zero attached hydrogens (tertiary/aromatic N) is 1. The van der Waals surface area contributed by atoms with Crippen molar-refractivity contribution in [3.05, 3.63) is 48.0 Å². The lowest BCUT2D eigenvalue weighted by Crippen LogP contribution is -2.38. The lowest BCUT2D eigenvalue weighted by molar-refractivity contribution is 0.243. The van der Waals surface area contributed by atoms with Crippen LogP contribution in [0.4, 0.5) is 5.69 Å². The van der Waals surface area contributed by atoms with Crippen LogP contribution >= 0.6 is 0 Å². The van der Waals surface area contributed by atoms with Gasteiger partial charge >= 0.3 is 0 Å². The third-order valence-electron chi connectivity index (χ3n) is 4.02. The van der Waals surface area contributed by atoms with Gasteiger partial charge in [0.15, 0.2) is 11.5 Å². The number of nitrogens with two attached hydrogens (primary N) is 1. The molecule has 0 aliphatic carbocycles. The van der Waals surface area contributed by atoms with Crippen LogP contribution < -0.4 is 24.8 Å². The molecular formula is C21H30N2O3. The predicted octanol–water partition coefficient (Wildman–Crippen LogP) is 3.85. The third-order valence-corrected chi connectivity index (χ3v) is 4.02. The van der Waals surface area contributed by atoms with Crippen LogP contribution in [0, 0.1) is 0 Å². The molecule has 0 saturated heterocycles. The molecule has 26 heavy (non-hydrogen) atoms. The van der Waals surface area contributed by atoms with Gasteiger partial charge in [-0.05, 0) is 50.6 Å². The highest BCUT2D eigenvalue weighted by Crippen LogP contribution is 2.32. The molecule has 0 radical (unpaired) electrons. The zero-order valence-corrected chi connectivity index (χ0v) is 16.4. The molecule has 5 nitrogen and oxygen atoms in total. The molecule has 0 spiro atoms. The monoisotopic (exact) mass is 358 g/mol. The maximum atomic E-state index is 5.96. The predicted molar refractivity (Wildman–Crippen MR) is 106 cm³/mol. The molecule has 0 heterocycles. The zero-order valence-electron chi connectivity index (χ0n) is 16.4. The van der Waals surface area contributed by atoms with Gasteiger partial charge in [-0.3, -0.25) is 0 Å². The van der Waals surface area contributed by atoms with Crippen molar-refractivity contribution >= 4 is 5.69 Å². The molecule has 0 bridgehead atoms. The number of rotatable bonds is 9.